The van der Waals surface area contributed by atoms with E-state index in [-0.39, 0.29) is 5.92 Å². The Morgan fingerprint density at radius 2 is 2.04 bits per heavy atom. The molecule has 0 spiro atoms. The number of ether oxygens (including phenoxy) is 2. The molecule has 3 N–H and O–H groups in total. The molecule has 0 fully saturated rings. The lowest BCUT2D eigenvalue weighted by atomic mass is 10.0. The van der Waals surface area contributed by atoms with Crippen LogP contribution in [0.4, 0.5) is 11.6 Å². The van der Waals surface area contributed by atoms with Crippen molar-refractivity contribution in [2.45, 2.75) is 32.6 Å². The highest BCUT2D eigenvalue weighted by Crippen LogP contribution is 2.33. The van der Waals surface area contributed by atoms with E-state index in [2.05, 4.69) is 34.1 Å². The van der Waals surface area contributed by atoms with Gasteiger partial charge in [-0.2, -0.15) is 0 Å². The normalized spacial score (nSPS) is 15.3. The van der Waals surface area contributed by atoms with Gasteiger partial charge < -0.3 is 20.5 Å². The maximum atomic E-state index is 6.04. The van der Waals surface area contributed by atoms with Gasteiger partial charge in [0.25, 0.3) is 0 Å². The molecule has 2 aliphatic heterocycles. The largest absolute Gasteiger partial charge is 0.451 e. The van der Waals surface area contributed by atoms with Crippen LogP contribution < -0.4 is 15.8 Å². The Hall–Kier alpha value is -2.41. The number of anilines is 2. The molecule has 0 unspecified atom stereocenters. The van der Waals surface area contributed by atoms with Crippen LogP contribution in [0.15, 0.2) is 18.5 Å². The highest BCUT2D eigenvalue weighted by atomic mass is 16.5. The van der Waals surface area contributed by atoms with E-state index in [4.69, 9.17) is 15.2 Å². The molecule has 0 aromatic carbocycles. The molecular formula is C17H23N5O2. The van der Waals surface area contributed by atoms with Crippen LogP contribution in [0, 0.1) is 0 Å². The minimum Gasteiger partial charge on any atom is -0.451 e. The molecule has 0 radical (unpaired) electrons. The number of hydrogen-bond acceptors (Lipinski definition) is 7. The monoisotopic (exact) mass is 329 g/mol. The first kappa shape index (κ1) is 16.4. The third-order valence-electron chi connectivity index (χ3n) is 3.81. The molecule has 2 aliphatic rings. The summed E-state index contributed by atoms with van der Waals surface area (Å²) in [6.07, 6.45) is 5.04. The SMILES string of the molecule is CC(C)c1cnc2cc1Oc1cnc(nc1N)CCCOCCN2. The molecule has 0 aliphatic carbocycles. The van der Waals surface area contributed by atoms with Crippen molar-refractivity contribution in [2.24, 2.45) is 0 Å². The Morgan fingerprint density at radius 3 is 2.83 bits per heavy atom. The van der Waals surface area contributed by atoms with Gasteiger partial charge in [0.1, 0.15) is 17.4 Å². The molecule has 24 heavy (non-hydrogen) atoms. The number of aryl methyl sites for hydroxylation is 1. The van der Waals surface area contributed by atoms with Crippen LogP contribution in [0.3, 0.4) is 0 Å². The summed E-state index contributed by atoms with van der Waals surface area (Å²) >= 11 is 0. The molecule has 0 saturated carbocycles. The van der Waals surface area contributed by atoms with E-state index in [1.807, 2.05) is 12.3 Å². The second-order valence-corrected chi connectivity index (χ2v) is 6.04. The van der Waals surface area contributed by atoms with E-state index in [1.54, 1.807) is 6.20 Å². The zero-order valence-corrected chi connectivity index (χ0v) is 14.1. The Labute approximate surface area is 141 Å². The van der Waals surface area contributed by atoms with Gasteiger partial charge in [-0.3, -0.25) is 0 Å². The quantitative estimate of drug-likeness (QED) is 0.830. The lowest BCUT2D eigenvalue weighted by Gasteiger charge is -2.16. The van der Waals surface area contributed by atoms with Crippen molar-refractivity contribution in [3.05, 3.63) is 29.8 Å². The first-order chi connectivity index (χ1) is 11.6. The third-order valence-corrected chi connectivity index (χ3v) is 3.81. The maximum absolute atomic E-state index is 6.04. The molecule has 4 heterocycles. The molecule has 0 saturated heterocycles. The maximum Gasteiger partial charge on any atom is 0.187 e. The van der Waals surface area contributed by atoms with Gasteiger partial charge in [-0.05, 0) is 12.3 Å². The summed E-state index contributed by atoms with van der Waals surface area (Å²) in [4.78, 5) is 13.1. The standard InChI is InChI=1S/C17H23N5O2/c1-11(2)12-9-20-16-8-13(12)24-14-10-21-15(22-17(14)18)4-3-6-23-7-5-19-16/h8-11H,3-7H2,1-2H3,(H,19,20)(H2,18,21,22). The van der Waals surface area contributed by atoms with Crippen LogP contribution in [-0.2, 0) is 11.2 Å². The summed E-state index contributed by atoms with van der Waals surface area (Å²) < 4.78 is 11.6. The van der Waals surface area contributed by atoms with E-state index in [0.29, 0.717) is 42.9 Å². The lowest BCUT2D eigenvalue weighted by molar-refractivity contribution is 0.141. The van der Waals surface area contributed by atoms with Gasteiger partial charge in [0.15, 0.2) is 11.6 Å². The molecule has 0 amide bonds. The Bertz CT molecular complexity index is 705. The van der Waals surface area contributed by atoms with Crippen molar-refractivity contribution in [3.63, 3.8) is 0 Å². The van der Waals surface area contributed by atoms with Crippen molar-refractivity contribution in [1.29, 1.82) is 0 Å². The van der Waals surface area contributed by atoms with Gasteiger partial charge in [-0.25, -0.2) is 15.0 Å². The zero-order chi connectivity index (χ0) is 16.9. The Balaban J connectivity index is 1.97. The lowest BCUT2D eigenvalue weighted by Crippen LogP contribution is -2.11. The number of nitrogens with zero attached hydrogens (tertiary/aromatic N) is 3. The first-order valence-electron chi connectivity index (χ1n) is 8.24. The highest BCUT2D eigenvalue weighted by Gasteiger charge is 2.14. The average molecular weight is 329 g/mol. The number of hydrogen-bond donors (Lipinski definition) is 2. The van der Waals surface area contributed by atoms with Crippen molar-refractivity contribution in [2.75, 3.05) is 30.8 Å². The number of pyridine rings is 1. The molecule has 0 atom stereocenters. The predicted molar refractivity (Wildman–Crippen MR) is 92.5 cm³/mol. The number of nitrogens with two attached hydrogens (primary N) is 1. The minimum absolute atomic E-state index is 0.272. The topological polar surface area (TPSA) is 95.2 Å². The van der Waals surface area contributed by atoms with Crippen LogP contribution >= 0.6 is 0 Å². The van der Waals surface area contributed by atoms with Gasteiger partial charge in [0, 0.05) is 37.4 Å². The van der Waals surface area contributed by atoms with Crippen molar-refractivity contribution >= 4 is 11.6 Å². The summed E-state index contributed by atoms with van der Waals surface area (Å²) in [6.45, 7) is 6.15. The number of fused-ring (bicyclic) bond motifs is 8. The smallest absolute Gasteiger partial charge is 0.187 e. The molecule has 2 aromatic heterocycles. The second-order valence-electron chi connectivity index (χ2n) is 6.04. The fourth-order valence-electron chi connectivity index (χ4n) is 2.49. The number of rotatable bonds is 1. The summed E-state index contributed by atoms with van der Waals surface area (Å²) in [5.41, 5.74) is 7.05. The second kappa shape index (κ2) is 7.44. The predicted octanol–water partition coefficient (Wildman–Crippen LogP) is 2.74. The minimum atomic E-state index is 0.272. The van der Waals surface area contributed by atoms with Gasteiger partial charge in [0.05, 0.1) is 12.8 Å². The van der Waals surface area contributed by atoms with Crippen molar-refractivity contribution < 1.29 is 9.47 Å². The average Bonchev–Trinajstić information content (AvgIpc) is 2.56. The van der Waals surface area contributed by atoms with Crippen LogP contribution in [0.25, 0.3) is 0 Å². The summed E-state index contributed by atoms with van der Waals surface area (Å²) in [5.74, 6) is 3.23. The summed E-state index contributed by atoms with van der Waals surface area (Å²) in [7, 11) is 0. The van der Waals surface area contributed by atoms with E-state index < -0.39 is 0 Å². The van der Waals surface area contributed by atoms with Crippen LogP contribution in [-0.4, -0.2) is 34.7 Å². The highest BCUT2D eigenvalue weighted by molar-refractivity contribution is 5.51. The molecule has 128 valence electrons. The van der Waals surface area contributed by atoms with Crippen molar-refractivity contribution in [3.8, 4) is 11.5 Å². The zero-order valence-electron chi connectivity index (χ0n) is 14.1. The van der Waals surface area contributed by atoms with Crippen LogP contribution in [0.2, 0.25) is 0 Å². The van der Waals surface area contributed by atoms with E-state index in [0.717, 1.165) is 24.2 Å². The van der Waals surface area contributed by atoms with Crippen molar-refractivity contribution in [1.82, 2.24) is 15.0 Å². The number of nitrogens with one attached hydrogen (secondary N) is 1. The molecular weight excluding hydrogens is 306 g/mol. The van der Waals surface area contributed by atoms with Crippen LogP contribution in [0.1, 0.15) is 37.6 Å². The van der Waals surface area contributed by atoms with E-state index in [1.165, 1.54) is 0 Å². The fraction of sp³-hybridized carbons (Fsp3) is 0.471. The molecule has 4 bridgehead atoms. The fourth-order valence-corrected chi connectivity index (χ4v) is 2.49. The van der Waals surface area contributed by atoms with Gasteiger partial charge in [0.2, 0.25) is 0 Å². The molecule has 2 aromatic rings. The van der Waals surface area contributed by atoms with Gasteiger partial charge in [-0.1, -0.05) is 13.8 Å². The van der Waals surface area contributed by atoms with Crippen LogP contribution in [0.5, 0.6) is 11.5 Å². The molecule has 7 nitrogen and oxygen atoms in total. The third kappa shape index (κ3) is 3.91. The molecule has 4 rings (SSSR count). The Kier molecular flexibility index (Phi) is 5.10. The first-order valence-corrected chi connectivity index (χ1v) is 8.24. The van der Waals surface area contributed by atoms with E-state index in [9.17, 15) is 0 Å². The Morgan fingerprint density at radius 1 is 1.17 bits per heavy atom. The van der Waals surface area contributed by atoms with E-state index >= 15 is 0 Å². The van der Waals surface area contributed by atoms with Gasteiger partial charge >= 0.3 is 0 Å². The summed E-state index contributed by atoms with van der Waals surface area (Å²) in [5, 5.41) is 3.25. The number of aromatic nitrogens is 3. The van der Waals surface area contributed by atoms with Gasteiger partial charge in [-0.15, -0.1) is 0 Å². The summed E-state index contributed by atoms with van der Waals surface area (Å²) in [6, 6.07) is 1.88. The molecule has 7 heteroatoms. The number of nitrogen functional groups attached to an aromatic ring is 1.